The zero-order valence-electron chi connectivity index (χ0n) is 5.85. The van der Waals surface area contributed by atoms with Gasteiger partial charge < -0.3 is 20.1 Å². The van der Waals surface area contributed by atoms with Crippen LogP contribution in [0, 0.1) is 0 Å². The molecule has 1 rings (SSSR count). The Bertz CT molecular complexity index is 132. The van der Waals surface area contributed by atoms with Gasteiger partial charge in [-0.2, -0.15) is 0 Å². The topological polar surface area (TPSA) is 69.9 Å². The largest absolute Gasteiger partial charge is 0.390 e. The molecule has 0 spiro atoms. The predicted octanol–water partition coefficient (Wildman–Crippen LogP) is -0.750. The predicted molar refractivity (Wildman–Crippen MR) is 46.4 cm³/mol. The van der Waals surface area contributed by atoms with Gasteiger partial charge in [-0.05, 0) is 0 Å². The first kappa shape index (κ1) is 9.66. The molecular formula is C6H11IO4. The van der Waals surface area contributed by atoms with E-state index in [-0.39, 0.29) is 6.42 Å². The Balaban J connectivity index is 2.51. The summed E-state index contributed by atoms with van der Waals surface area (Å²) in [7, 11) is 0. The maximum absolute atomic E-state index is 9.26. The summed E-state index contributed by atoms with van der Waals surface area (Å²) in [4.78, 5) is 0. The van der Waals surface area contributed by atoms with E-state index in [4.69, 9.17) is 14.9 Å². The minimum atomic E-state index is -0.937. The summed E-state index contributed by atoms with van der Waals surface area (Å²) in [6, 6.07) is 0. The zero-order valence-corrected chi connectivity index (χ0v) is 8.01. The first-order valence-electron chi connectivity index (χ1n) is 3.40. The van der Waals surface area contributed by atoms with Crippen molar-refractivity contribution < 1.29 is 20.1 Å². The van der Waals surface area contributed by atoms with Gasteiger partial charge in [-0.1, -0.05) is 22.6 Å². The van der Waals surface area contributed by atoms with Crippen LogP contribution in [0.4, 0.5) is 0 Å². The highest BCUT2D eigenvalue weighted by atomic mass is 127. The van der Waals surface area contributed by atoms with Crippen LogP contribution in [0.5, 0.6) is 0 Å². The molecule has 4 atom stereocenters. The molecule has 3 N–H and O–H groups in total. The number of aliphatic hydroxyl groups excluding tert-OH is 3. The van der Waals surface area contributed by atoms with Crippen molar-refractivity contribution >= 4 is 22.6 Å². The number of hydrogen-bond acceptors (Lipinski definition) is 4. The highest BCUT2D eigenvalue weighted by Gasteiger charge is 2.34. The Hall–Kier alpha value is 0.570. The fraction of sp³-hybridized carbons (Fsp3) is 1.00. The highest BCUT2D eigenvalue weighted by molar-refractivity contribution is 14.1. The zero-order chi connectivity index (χ0) is 8.43. The molecule has 1 heterocycles. The quantitative estimate of drug-likeness (QED) is 0.435. The summed E-state index contributed by atoms with van der Waals surface area (Å²) in [5, 5.41) is 27.4. The number of alkyl halides is 1. The Kier molecular flexibility index (Phi) is 3.51. The van der Waals surface area contributed by atoms with Gasteiger partial charge in [0.25, 0.3) is 0 Å². The summed E-state index contributed by atoms with van der Waals surface area (Å²) < 4.78 is 5.52. The molecule has 1 saturated heterocycles. The van der Waals surface area contributed by atoms with E-state index in [1.807, 2.05) is 22.6 Å². The van der Waals surface area contributed by atoms with Crippen molar-refractivity contribution in [2.24, 2.45) is 0 Å². The molecule has 0 aliphatic carbocycles. The lowest BCUT2D eigenvalue weighted by Crippen LogP contribution is -2.48. The fourth-order valence-electron chi connectivity index (χ4n) is 1.06. The Labute approximate surface area is 78.3 Å². The van der Waals surface area contributed by atoms with Gasteiger partial charge in [0.2, 0.25) is 0 Å². The molecule has 0 bridgehead atoms. The number of hydrogen-bond donors (Lipinski definition) is 3. The highest BCUT2D eigenvalue weighted by Crippen LogP contribution is 2.20. The van der Waals surface area contributed by atoms with E-state index < -0.39 is 24.6 Å². The van der Waals surface area contributed by atoms with Gasteiger partial charge in [0, 0.05) is 10.8 Å². The van der Waals surface area contributed by atoms with Crippen molar-refractivity contribution in [2.75, 3.05) is 4.43 Å². The monoisotopic (exact) mass is 274 g/mol. The molecule has 0 aromatic rings. The molecule has 0 radical (unpaired) electrons. The second-order valence-corrected chi connectivity index (χ2v) is 3.46. The van der Waals surface area contributed by atoms with Gasteiger partial charge in [0.1, 0.15) is 6.10 Å². The average Bonchev–Trinajstić information content (AvgIpc) is 1.96. The Morgan fingerprint density at radius 2 is 2.00 bits per heavy atom. The van der Waals surface area contributed by atoms with Gasteiger partial charge >= 0.3 is 0 Å². The summed E-state index contributed by atoms with van der Waals surface area (Å²) in [6.45, 7) is 0. The van der Waals surface area contributed by atoms with E-state index in [1.165, 1.54) is 0 Å². The lowest BCUT2D eigenvalue weighted by Gasteiger charge is -2.33. The number of rotatable bonds is 1. The van der Waals surface area contributed by atoms with Crippen LogP contribution in [-0.4, -0.2) is 44.3 Å². The second kappa shape index (κ2) is 3.99. The molecule has 66 valence electrons. The van der Waals surface area contributed by atoms with Gasteiger partial charge in [0.05, 0.1) is 12.2 Å². The molecule has 5 heteroatoms. The minimum Gasteiger partial charge on any atom is -0.390 e. The molecule has 0 aromatic carbocycles. The van der Waals surface area contributed by atoms with Crippen LogP contribution in [0.25, 0.3) is 0 Å². The van der Waals surface area contributed by atoms with Crippen molar-refractivity contribution in [3.63, 3.8) is 0 Å². The van der Waals surface area contributed by atoms with Crippen molar-refractivity contribution in [1.82, 2.24) is 0 Å². The first-order valence-corrected chi connectivity index (χ1v) is 4.93. The summed E-state index contributed by atoms with van der Waals surface area (Å²) >= 11 is 2.03. The number of halogens is 1. The summed E-state index contributed by atoms with van der Waals surface area (Å²) in [5.74, 6) is 0. The number of aliphatic hydroxyl groups is 3. The van der Waals surface area contributed by atoms with Crippen LogP contribution in [0.15, 0.2) is 0 Å². The summed E-state index contributed by atoms with van der Waals surface area (Å²) in [6.07, 6.45) is -3.02. The van der Waals surface area contributed by atoms with E-state index in [2.05, 4.69) is 0 Å². The Morgan fingerprint density at radius 1 is 1.36 bits per heavy atom. The first-order chi connectivity index (χ1) is 5.15. The molecule has 1 fully saturated rings. The van der Waals surface area contributed by atoms with Gasteiger partial charge in [0.15, 0.2) is 6.29 Å². The molecule has 0 aromatic heterocycles. The maximum Gasteiger partial charge on any atom is 0.157 e. The fourth-order valence-corrected chi connectivity index (χ4v) is 1.79. The standard InChI is InChI=1S/C6H11IO4/c7-2-4-6(10)3(8)1-5(9)11-4/h3-6,8-10H,1-2H2/t3-,4-,5?,6+/m1/s1. The molecule has 4 nitrogen and oxygen atoms in total. The van der Waals surface area contributed by atoms with Crippen LogP contribution in [-0.2, 0) is 4.74 Å². The SMILES string of the molecule is OC1C[C@@H](O)[C@H](O)[C@@H](CI)O1. The number of ether oxygens (including phenoxy) is 1. The van der Waals surface area contributed by atoms with E-state index in [1.54, 1.807) is 0 Å². The second-order valence-electron chi connectivity index (χ2n) is 2.58. The van der Waals surface area contributed by atoms with Crippen LogP contribution in [0.3, 0.4) is 0 Å². The van der Waals surface area contributed by atoms with Crippen molar-refractivity contribution in [3.8, 4) is 0 Å². The average molecular weight is 274 g/mol. The third-order valence-corrected chi connectivity index (χ3v) is 2.57. The maximum atomic E-state index is 9.26. The van der Waals surface area contributed by atoms with Crippen LogP contribution < -0.4 is 0 Å². The van der Waals surface area contributed by atoms with Crippen molar-refractivity contribution in [2.45, 2.75) is 31.0 Å². The van der Waals surface area contributed by atoms with Crippen LogP contribution >= 0.6 is 22.6 Å². The lowest BCUT2D eigenvalue weighted by molar-refractivity contribution is -0.224. The van der Waals surface area contributed by atoms with E-state index in [0.717, 1.165) is 0 Å². The van der Waals surface area contributed by atoms with E-state index in [0.29, 0.717) is 4.43 Å². The van der Waals surface area contributed by atoms with Crippen LogP contribution in [0.2, 0.25) is 0 Å². The normalized spacial score (nSPS) is 45.8. The molecular weight excluding hydrogens is 263 g/mol. The molecule has 1 aliphatic heterocycles. The third-order valence-electron chi connectivity index (χ3n) is 1.70. The molecule has 0 amide bonds. The van der Waals surface area contributed by atoms with Crippen LogP contribution in [0.1, 0.15) is 6.42 Å². The smallest absolute Gasteiger partial charge is 0.157 e. The summed E-state index contributed by atoms with van der Waals surface area (Å²) in [5.41, 5.74) is 0. The van der Waals surface area contributed by atoms with Crippen molar-refractivity contribution in [1.29, 1.82) is 0 Å². The van der Waals surface area contributed by atoms with E-state index >= 15 is 0 Å². The van der Waals surface area contributed by atoms with Gasteiger partial charge in [-0.15, -0.1) is 0 Å². The minimum absolute atomic E-state index is 0.0916. The van der Waals surface area contributed by atoms with E-state index in [9.17, 15) is 5.11 Å². The lowest BCUT2D eigenvalue weighted by atomic mass is 10.0. The molecule has 1 unspecified atom stereocenters. The third kappa shape index (κ3) is 2.25. The van der Waals surface area contributed by atoms with Crippen molar-refractivity contribution in [3.05, 3.63) is 0 Å². The molecule has 0 saturated carbocycles. The Morgan fingerprint density at radius 3 is 2.55 bits per heavy atom. The van der Waals surface area contributed by atoms with Gasteiger partial charge in [-0.25, -0.2) is 0 Å². The van der Waals surface area contributed by atoms with Gasteiger partial charge in [-0.3, -0.25) is 0 Å². The molecule has 1 aliphatic rings. The molecule has 11 heavy (non-hydrogen) atoms.